The first-order chi connectivity index (χ1) is 9.25. The number of hydrogen-bond donors (Lipinski definition) is 1. The van der Waals surface area contributed by atoms with E-state index in [2.05, 4.69) is 33.4 Å². The molecule has 0 saturated heterocycles. The van der Waals surface area contributed by atoms with Crippen LogP contribution >= 0.6 is 39.0 Å². The Kier molecular flexibility index (Phi) is 3.96. The number of carbonyl (C=O) groups is 1. The zero-order valence-electron chi connectivity index (χ0n) is 10.1. The normalized spacial score (nSPS) is 17.2. The van der Waals surface area contributed by atoms with Gasteiger partial charge in [-0.1, -0.05) is 18.2 Å². The predicted molar refractivity (Wildman–Crippen MR) is 83.8 cm³/mol. The molecule has 1 unspecified atom stereocenters. The summed E-state index contributed by atoms with van der Waals surface area (Å²) in [6.45, 7) is 0.598. The van der Waals surface area contributed by atoms with Crippen LogP contribution in [0.15, 0.2) is 45.1 Å². The summed E-state index contributed by atoms with van der Waals surface area (Å²) in [7, 11) is 0. The first-order valence-corrected chi connectivity index (χ1v) is 8.63. The number of thioether (sulfide) groups is 1. The SMILES string of the molecule is O=C(NCc1sccc1Br)C1CSc2ccccc21. The average molecular weight is 354 g/mol. The van der Waals surface area contributed by atoms with Crippen LogP contribution in [0, 0.1) is 0 Å². The number of rotatable bonds is 3. The summed E-state index contributed by atoms with van der Waals surface area (Å²) in [4.78, 5) is 14.7. The summed E-state index contributed by atoms with van der Waals surface area (Å²) in [6, 6.07) is 10.2. The second-order valence-electron chi connectivity index (χ2n) is 4.31. The fraction of sp³-hybridized carbons (Fsp3) is 0.214. The summed E-state index contributed by atoms with van der Waals surface area (Å²) in [5.74, 6) is 0.953. The van der Waals surface area contributed by atoms with E-state index in [1.165, 1.54) is 4.90 Å². The predicted octanol–water partition coefficient (Wildman–Crippen LogP) is 4.02. The maximum atomic E-state index is 12.3. The van der Waals surface area contributed by atoms with Crippen molar-refractivity contribution in [2.24, 2.45) is 0 Å². The molecule has 1 aliphatic heterocycles. The molecule has 0 saturated carbocycles. The zero-order chi connectivity index (χ0) is 13.2. The van der Waals surface area contributed by atoms with Crippen LogP contribution in [0.4, 0.5) is 0 Å². The number of halogens is 1. The van der Waals surface area contributed by atoms with Gasteiger partial charge in [-0.05, 0) is 39.0 Å². The van der Waals surface area contributed by atoms with E-state index in [4.69, 9.17) is 0 Å². The molecule has 1 amide bonds. The minimum Gasteiger partial charge on any atom is -0.351 e. The molecule has 0 aliphatic carbocycles. The molecule has 0 radical (unpaired) electrons. The molecule has 3 rings (SSSR count). The summed E-state index contributed by atoms with van der Waals surface area (Å²) in [5.41, 5.74) is 1.16. The van der Waals surface area contributed by atoms with Gasteiger partial charge in [-0.3, -0.25) is 4.79 Å². The quantitative estimate of drug-likeness (QED) is 0.902. The Morgan fingerprint density at radius 2 is 2.21 bits per heavy atom. The third kappa shape index (κ3) is 2.73. The zero-order valence-corrected chi connectivity index (χ0v) is 13.3. The van der Waals surface area contributed by atoms with Crippen molar-refractivity contribution in [3.05, 3.63) is 50.6 Å². The van der Waals surface area contributed by atoms with Gasteiger partial charge in [-0.25, -0.2) is 0 Å². The van der Waals surface area contributed by atoms with E-state index in [-0.39, 0.29) is 11.8 Å². The Bertz CT molecular complexity index is 611. The third-order valence-electron chi connectivity index (χ3n) is 3.13. The van der Waals surface area contributed by atoms with Crippen molar-refractivity contribution in [2.75, 3.05) is 5.75 Å². The average Bonchev–Trinajstić information content (AvgIpc) is 3.02. The molecular weight excluding hydrogens is 342 g/mol. The van der Waals surface area contributed by atoms with Crippen molar-refractivity contribution < 1.29 is 4.79 Å². The lowest BCUT2D eigenvalue weighted by molar-refractivity contribution is -0.122. The van der Waals surface area contributed by atoms with Crippen LogP contribution in [0.3, 0.4) is 0 Å². The van der Waals surface area contributed by atoms with Gasteiger partial charge in [0.2, 0.25) is 5.91 Å². The second kappa shape index (κ2) is 5.69. The molecule has 1 N–H and O–H groups in total. The monoisotopic (exact) mass is 353 g/mol. The Morgan fingerprint density at radius 3 is 3.00 bits per heavy atom. The Labute approximate surface area is 128 Å². The summed E-state index contributed by atoms with van der Waals surface area (Å²) in [6.07, 6.45) is 0. The van der Waals surface area contributed by atoms with Crippen molar-refractivity contribution in [2.45, 2.75) is 17.4 Å². The standard InChI is InChI=1S/C14H12BrNOS2/c15-11-5-6-18-13(11)7-16-14(17)10-8-19-12-4-2-1-3-9(10)12/h1-6,10H,7-8H2,(H,16,17). The number of benzene rings is 1. The molecule has 1 aromatic heterocycles. The highest BCUT2D eigenvalue weighted by Gasteiger charge is 2.28. The molecule has 1 aliphatic rings. The highest BCUT2D eigenvalue weighted by Crippen LogP contribution is 2.39. The smallest absolute Gasteiger partial charge is 0.228 e. The first kappa shape index (κ1) is 13.2. The van der Waals surface area contributed by atoms with Crippen molar-refractivity contribution in [1.29, 1.82) is 0 Å². The fourth-order valence-corrected chi connectivity index (χ4v) is 4.78. The van der Waals surface area contributed by atoms with Crippen LogP contribution in [0.5, 0.6) is 0 Å². The summed E-state index contributed by atoms with van der Waals surface area (Å²) < 4.78 is 1.07. The third-order valence-corrected chi connectivity index (χ3v) is 6.24. The lowest BCUT2D eigenvalue weighted by atomic mass is 10.0. The van der Waals surface area contributed by atoms with E-state index in [1.807, 2.05) is 23.6 Å². The molecule has 2 heterocycles. The highest BCUT2D eigenvalue weighted by atomic mass is 79.9. The number of hydrogen-bond acceptors (Lipinski definition) is 3. The molecule has 5 heteroatoms. The number of nitrogens with one attached hydrogen (secondary N) is 1. The van der Waals surface area contributed by atoms with Gasteiger partial charge in [-0.2, -0.15) is 0 Å². The first-order valence-electron chi connectivity index (χ1n) is 5.97. The van der Waals surface area contributed by atoms with Crippen LogP contribution in [-0.2, 0) is 11.3 Å². The molecule has 2 nitrogen and oxygen atoms in total. The second-order valence-corrected chi connectivity index (χ2v) is 7.23. The van der Waals surface area contributed by atoms with Crippen LogP contribution in [0.1, 0.15) is 16.4 Å². The molecule has 98 valence electrons. The van der Waals surface area contributed by atoms with Crippen molar-refractivity contribution >= 4 is 44.9 Å². The van der Waals surface area contributed by atoms with Crippen LogP contribution in [-0.4, -0.2) is 11.7 Å². The molecule has 0 fully saturated rings. The lowest BCUT2D eigenvalue weighted by Gasteiger charge is -2.11. The van der Waals surface area contributed by atoms with Crippen molar-refractivity contribution in [1.82, 2.24) is 5.32 Å². The van der Waals surface area contributed by atoms with Gasteiger partial charge in [0.1, 0.15) is 0 Å². The molecule has 1 atom stereocenters. The number of amides is 1. The fourth-order valence-electron chi connectivity index (χ4n) is 2.12. The molecule has 2 aromatic rings. The molecule has 1 aromatic carbocycles. The Morgan fingerprint density at radius 1 is 1.37 bits per heavy atom. The van der Waals surface area contributed by atoms with Gasteiger partial charge < -0.3 is 5.32 Å². The minimum absolute atomic E-state index is 0.0139. The van der Waals surface area contributed by atoms with Crippen molar-refractivity contribution in [3.63, 3.8) is 0 Å². The van der Waals surface area contributed by atoms with Gasteiger partial charge in [0.15, 0.2) is 0 Å². The largest absolute Gasteiger partial charge is 0.351 e. The number of thiophene rings is 1. The summed E-state index contributed by atoms with van der Waals surface area (Å²) in [5, 5.41) is 5.06. The van der Waals surface area contributed by atoms with Crippen LogP contribution in [0.25, 0.3) is 0 Å². The maximum absolute atomic E-state index is 12.3. The number of fused-ring (bicyclic) bond motifs is 1. The van der Waals surface area contributed by atoms with Gasteiger partial charge in [-0.15, -0.1) is 23.1 Å². The maximum Gasteiger partial charge on any atom is 0.228 e. The molecule has 0 spiro atoms. The molecule has 0 bridgehead atoms. The van der Waals surface area contributed by atoms with Crippen LogP contribution in [0.2, 0.25) is 0 Å². The minimum atomic E-state index is -0.0139. The van der Waals surface area contributed by atoms with Crippen LogP contribution < -0.4 is 5.32 Å². The van der Waals surface area contributed by atoms with E-state index in [0.717, 1.165) is 20.7 Å². The highest BCUT2D eigenvalue weighted by molar-refractivity contribution is 9.10. The van der Waals surface area contributed by atoms with Crippen molar-refractivity contribution in [3.8, 4) is 0 Å². The van der Waals surface area contributed by atoms with E-state index in [9.17, 15) is 4.79 Å². The van der Waals surface area contributed by atoms with Gasteiger partial charge in [0, 0.05) is 20.0 Å². The lowest BCUT2D eigenvalue weighted by Crippen LogP contribution is -2.28. The molecular formula is C14H12BrNOS2. The Balaban J connectivity index is 1.68. The van der Waals surface area contributed by atoms with E-state index < -0.39 is 0 Å². The summed E-state index contributed by atoms with van der Waals surface area (Å²) >= 11 is 6.90. The number of carbonyl (C=O) groups excluding carboxylic acids is 1. The Hall–Kier alpha value is -0.780. The molecule has 19 heavy (non-hydrogen) atoms. The van der Waals surface area contributed by atoms with Gasteiger partial charge in [0.05, 0.1) is 12.5 Å². The van der Waals surface area contributed by atoms with E-state index in [0.29, 0.717) is 6.54 Å². The van der Waals surface area contributed by atoms with E-state index >= 15 is 0 Å². The van der Waals surface area contributed by atoms with Gasteiger partial charge in [0.25, 0.3) is 0 Å². The van der Waals surface area contributed by atoms with E-state index in [1.54, 1.807) is 23.1 Å². The topological polar surface area (TPSA) is 29.1 Å². The van der Waals surface area contributed by atoms with Gasteiger partial charge >= 0.3 is 0 Å².